The molecule has 8 heteroatoms. The van der Waals surface area contributed by atoms with Gasteiger partial charge in [-0.2, -0.15) is 4.98 Å². The summed E-state index contributed by atoms with van der Waals surface area (Å²) in [6, 6.07) is 6.42. The highest BCUT2D eigenvalue weighted by molar-refractivity contribution is 5.81. The molecule has 1 aliphatic carbocycles. The Balaban J connectivity index is 1.02. The lowest BCUT2D eigenvalue weighted by atomic mass is 9.90. The molecule has 2 atom stereocenters. The predicted octanol–water partition coefficient (Wildman–Crippen LogP) is 3.87. The predicted molar refractivity (Wildman–Crippen MR) is 131 cm³/mol. The largest absolute Gasteiger partial charge is 0.494 e. The van der Waals surface area contributed by atoms with Crippen molar-refractivity contribution in [2.45, 2.75) is 58.3 Å². The summed E-state index contributed by atoms with van der Waals surface area (Å²) in [5, 5.41) is 4.10. The van der Waals surface area contributed by atoms with Crippen LogP contribution in [0.2, 0.25) is 0 Å². The van der Waals surface area contributed by atoms with E-state index in [9.17, 15) is 4.79 Å². The third-order valence-corrected chi connectivity index (χ3v) is 7.77. The van der Waals surface area contributed by atoms with Gasteiger partial charge in [0, 0.05) is 43.9 Å². The number of nitrogen functional groups attached to an aromatic ring is 1. The zero-order valence-electron chi connectivity index (χ0n) is 20.4. The van der Waals surface area contributed by atoms with Gasteiger partial charge in [0.1, 0.15) is 5.75 Å². The molecule has 5 rings (SSSR count). The van der Waals surface area contributed by atoms with Crippen LogP contribution in [0.15, 0.2) is 22.7 Å². The number of amides is 1. The fraction of sp³-hybridized carbons (Fsp3) is 0.654. The van der Waals surface area contributed by atoms with Crippen LogP contribution in [0.5, 0.6) is 5.75 Å². The number of hydrogen-bond acceptors (Lipinski definition) is 7. The van der Waals surface area contributed by atoms with Crippen molar-refractivity contribution in [1.82, 2.24) is 15.0 Å². The molecule has 3 heterocycles. The number of nitrogens with zero attached hydrogens (tertiary/aromatic N) is 4. The Kier molecular flexibility index (Phi) is 6.66. The van der Waals surface area contributed by atoms with Gasteiger partial charge in [-0.15, -0.1) is 0 Å². The minimum absolute atomic E-state index is 0.162. The van der Waals surface area contributed by atoms with Crippen LogP contribution in [0, 0.1) is 17.8 Å². The minimum Gasteiger partial charge on any atom is -0.494 e. The van der Waals surface area contributed by atoms with Gasteiger partial charge in [0.25, 0.3) is 0 Å². The average molecular weight is 468 g/mol. The zero-order valence-corrected chi connectivity index (χ0v) is 20.4. The number of ether oxygens (including phenoxy) is 1. The summed E-state index contributed by atoms with van der Waals surface area (Å²) in [4.78, 5) is 20.9. The number of aromatic nitrogens is 2. The van der Waals surface area contributed by atoms with E-state index in [1.807, 2.05) is 23.1 Å². The standard InChI is InChI=1S/C26H37N5O3/c1-17(2)25-28-26(34-29-25)31-11-6-18(7-12-31)22-14-19(22)8-13-33-21-5-4-20(23(27)16-21)15-24(32)30-9-3-10-30/h4-5,16-19,22H,3,6-15,27H2,1-2H3/t19-,22-/m1/s1. The normalized spacial score (nSPS) is 22.7. The minimum atomic E-state index is 0.162. The molecule has 3 fully saturated rings. The Hall–Kier alpha value is -2.77. The lowest BCUT2D eigenvalue weighted by Gasteiger charge is -2.31. The Labute approximate surface area is 201 Å². The van der Waals surface area contributed by atoms with E-state index in [0.29, 0.717) is 30.6 Å². The fourth-order valence-corrected chi connectivity index (χ4v) is 5.28. The first-order valence-electron chi connectivity index (χ1n) is 12.9. The zero-order chi connectivity index (χ0) is 23.7. The molecule has 3 aliphatic rings. The molecule has 1 amide bonds. The molecule has 34 heavy (non-hydrogen) atoms. The summed E-state index contributed by atoms with van der Waals surface area (Å²) >= 11 is 0. The van der Waals surface area contributed by atoms with Gasteiger partial charge < -0.3 is 24.8 Å². The van der Waals surface area contributed by atoms with Crippen molar-refractivity contribution in [3.63, 3.8) is 0 Å². The number of likely N-dealkylation sites (tertiary alicyclic amines) is 1. The maximum atomic E-state index is 12.2. The fourth-order valence-electron chi connectivity index (χ4n) is 5.28. The van der Waals surface area contributed by atoms with Crippen molar-refractivity contribution in [2.75, 3.05) is 43.4 Å². The van der Waals surface area contributed by atoms with E-state index in [1.165, 1.54) is 19.3 Å². The van der Waals surface area contributed by atoms with Gasteiger partial charge >= 0.3 is 6.01 Å². The van der Waals surface area contributed by atoms with E-state index in [-0.39, 0.29) is 5.91 Å². The van der Waals surface area contributed by atoms with Crippen LogP contribution < -0.4 is 15.4 Å². The molecular weight excluding hydrogens is 430 g/mol. The van der Waals surface area contributed by atoms with Gasteiger partial charge in [-0.25, -0.2) is 0 Å². The number of carbonyl (C=O) groups is 1. The number of anilines is 2. The lowest BCUT2D eigenvalue weighted by molar-refractivity contribution is -0.133. The van der Waals surface area contributed by atoms with Crippen LogP contribution in [0.25, 0.3) is 0 Å². The molecule has 1 saturated carbocycles. The van der Waals surface area contributed by atoms with E-state index in [4.69, 9.17) is 15.0 Å². The number of rotatable bonds is 9. The molecule has 0 radical (unpaired) electrons. The highest BCUT2D eigenvalue weighted by Crippen LogP contribution is 2.50. The van der Waals surface area contributed by atoms with Crippen molar-refractivity contribution in [2.24, 2.45) is 17.8 Å². The molecule has 0 unspecified atom stereocenters. The van der Waals surface area contributed by atoms with Crippen LogP contribution in [0.1, 0.15) is 63.3 Å². The second kappa shape index (κ2) is 9.84. The number of benzene rings is 1. The Morgan fingerprint density at radius 3 is 2.68 bits per heavy atom. The third-order valence-electron chi connectivity index (χ3n) is 7.77. The van der Waals surface area contributed by atoms with E-state index in [1.54, 1.807) is 0 Å². The van der Waals surface area contributed by atoms with Gasteiger partial charge in [0.15, 0.2) is 5.82 Å². The smallest absolute Gasteiger partial charge is 0.324 e. The van der Waals surface area contributed by atoms with E-state index >= 15 is 0 Å². The van der Waals surface area contributed by atoms with Crippen LogP contribution in [-0.4, -0.2) is 53.7 Å². The topological polar surface area (TPSA) is 97.7 Å². The summed E-state index contributed by atoms with van der Waals surface area (Å²) in [7, 11) is 0. The van der Waals surface area contributed by atoms with Crippen LogP contribution >= 0.6 is 0 Å². The Bertz CT molecular complexity index is 994. The lowest BCUT2D eigenvalue weighted by Crippen LogP contribution is -2.42. The van der Waals surface area contributed by atoms with Crippen LogP contribution in [-0.2, 0) is 11.2 Å². The summed E-state index contributed by atoms with van der Waals surface area (Å²) < 4.78 is 11.5. The van der Waals surface area contributed by atoms with Crippen molar-refractivity contribution in [3.8, 4) is 5.75 Å². The van der Waals surface area contributed by atoms with E-state index < -0.39 is 0 Å². The SMILES string of the molecule is CC(C)c1noc(N2CCC([C@H]3C[C@H]3CCOc3ccc(CC(=O)N4CCC4)c(N)c3)CC2)n1. The van der Waals surface area contributed by atoms with Gasteiger partial charge in [-0.05, 0) is 61.5 Å². The number of hydrogen-bond donors (Lipinski definition) is 1. The van der Waals surface area contributed by atoms with Gasteiger partial charge in [0.2, 0.25) is 5.91 Å². The second-order valence-electron chi connectivity index (χ2n) is 10.5. The molecule has 0 bridgehead atoms. The van der Waals surface area contributed by atoms with Gasteiger partial charge in [0.05, 0.1) is 13.0 Å². The second-order valence-corrected chi connectivity index (χ2v) is 10.5. The highest BCUT2D eigenvalue weighted by atomic mass is 16.5. The van der Waals surface area contributed by atoms with E-state index in [0.717, 1.165) is 73.9 Å². The molecule has 0 spiro atoms. The van der Waals surface area contributed by atoms with Crippen molar-refractivity contribution in [1.29, 1.82) is 0 Å². The first-order chi connectivity index (χ1) is 16.5. The van der Waals surface area contributed by atoms with E-state index in [2.05, 4.69) is 28.9 Å². The van der Waals surface area contributed by atoms with Crippen LogP contribution in [0.3, 0.4) is 0 Å². The van der Waals surface area contributed by atoms with Crippen molar-refractivity contribution < 1.29 is 14.1 Å². The van der Waals surface area contributed by atoms with Crippen molar-refractivity contribution in [3.05, 3.63) is 29.6 Å². The van der Waals surface area contributed by atoms with Crippen molar-refractivity contribution >= 4 is 17.6 Å². The first kappa shape index (κ1) is 23.0. The van der Waals surface area contributed by atoms with Gasteiger partial charge in [-0.3, -0.25) is 4.79 Å². The molecule has 8 nitrogen and oxygen atoms in total. The average Bonchev–Trinajstić information content (AvgIpc) is 3.37. The maximum absolute atomic E-state index is 12.2. The highest BCUT2D eigenvalue weighted by Gasteiger charge is 2.43. The number of carbonyl (C=O) groups excluding carboxylic acids is 1. The van der Waals surface area contributed by atoms with Crippen LogP contribution in [0.4, 0.5) is 11.7 Å². The first-order valence-corrected chi connectivity index (χ1v) is 12.9. The maximum Gasteiger partial charge on any atom is 0.324 e. The molecule has 184 valence electrons. The molecule has 1 aromatic heterocycles. The molecule has 1 aromatic carbocycles. The number of piperidine rings is 1. The quantitative estimate of drug-likeness (QED) is 0.559. The Morgan fingerprint density at radius 1 is 1.24 bits per heavy atom. The number of nitrogens with two attached hydrogens (primary N) is 1. The summed E-state index contributed by atoms with van der Waals surface area (Å²) in [6.07, 6.45) is 6.26. The molecule has 2 aliphatic heterocycles. The molecule has 2 N–H and O–H groups in total. The summed E-state index contributed by atoms with van der Waals surface area (Å²) in [5.41, 5.74) is 7.72. The molecule has 2 saturated heterocycles. The molecular formula is C26H37N5O3. The Morgan fingerprint density at radius 2 is 2.03 bits per heavy atom. The summed E-state index contributed by atoms with van der Waals surface area (Å²) in [5.74, 6) is 4.40. The summed E-state index contributed by atoms with van der Waals surface area (Å²) in [6.45, 7) is 8.62. The van der Waals surface area contributed by atoms with Gasteiger partial charge in [-0.1, -0.05) is 25.1 Å². The monoisotopic (exact) mass is 467 g/mol. The third kappa shape index (κ3) is 5.15. The molecule has 2 aromatic rings.